The summed E-state index contributed by atoms with van der Waals surface area (Å²) in [6.07, 6.45) is 4.51. The Balaban J connectivity index is 2.19. The number of hydrogen-bond donors (Lipinski definition) is 1. The average molecular weight is 289 g/mol. The van der Waals surface area contributed by atoms with Gasteiger partial charge in [-0.25, -0.2) is 0 Å². The quantitative estimate of drug-likeness (QED) is 0.923. The molecule has 1 aromatic rings. The van der Waals surface area contributed by atoms with E-state index in [9.17, 15) is 10.4 Å². The second-order valence-corrected chi connectivity index (χ2v) is 7.38. The van der Waals surface area contributed by atoms with E-state index in [0.717, 1.165) is 31.4 Å². The van der Waals surface area contributed by atoms with Gasteiger partial charge >= 0.3 is 0 Å². The van der Waals surface area contributed by atoms with Gasteiger partial charge in [0.05, 0.1) is 17.2 Å². The Morgan fingerprint density at radius 2 is 2.10 bits per heavy atom. The Bertz CT molecular complexity index is 513. The molecule has 1 aliphatic rings. The number of nitriles is 1. The van der Waals surface area contributed by atoms with Crippen molar-refractivity contribution >= 4 is 0 Å². The zero-order chi connectivity index (χ0) is 15.7. The highest BCUT2D eigenvalue weighted by Crippen LogP contribution is 2.50. The SMILES string of the molecule is CCn1nccc1C(O)C1(C#N)CCC(C(C)(C)C)CC1. The van der Waals surface area contributed by atoms with Gasteiger partial charge in [0.15, 0.2) is 0 Å². The minimum absolute atomic E-state index is 0.276. The van der Waals surface area contributed by atoms with Crippen molar-refractivity contribution in [2.45, 2.75) is 66.0 Å². The van der Waals surface area contributed by atoms with Gasteiger partial charge in [-0.3, -0.25) is 4.68 Å². The van der Waals surface area contributed by atoms with Crippen LogP contribution in [0.3, 0.4) is 0 Å². The van der Waals surface area contributed by atoms with Crippen LogP contribution < -0.4 is 0 Å². The van der Waals surface area contributed by atoms with E-state index in [-0.39, 0.29) is 5.41 Å². The fraction of sp³-hybridized carbons (Fsp3) is 0.765. The molecular weight excluding hydrogens is 262 g/mol. The van der Waals surface area contributed by atoms with Gasteiger partial charge in [0.25, 0.3) is 0 Å². The molecule has 0 amide bonds. The minimum atomic E-state index is -0.745. The standard InChI is InChI=1S/C17H27N3O/c1-5-20-14(8-11-19-20)15(21)17(12-18)9-6-13(7-10-17)16(2,3)4/h8,11,13,15,21H,5-7,9-10H2,1-4H3. The number of aliphatic hydroxyl groups is 1. The molecule has 0 saturated heterocycles. The summed E-state index contributed by atoms with van der Waals surface area (Å²) in [6, 6.07) is 4.27. The summed E-state index contributed by atoms with van der Waals surface area (Å²) < 4.78 is 1.79. The van der Waals surface area contributed by atoms with Crippen molar-refractivity contribution in [2.75, 3.05) is 0 Å². The van der Waals surface area contributed by atoms with Crippen LogP contribution in [0.1, 0.15) is 65.2 Å². The lowest BCUT2D eigenvalue weighted by Crippen LogP contribution is -2.36. The summed E-state index contributed by atoms with van der Waals surface area (Å²) in [6.45, 7) is 9.50. The van der Waals surface area contributed by atoms with Gasteiger partial charge in [-0.2, -0.15) is 10.4 Å². The van der Waals surface area contributed by atoms with Crippen LogP contribution in [0.5, 0.6) is 0 Å². The predicted octanol–water partition coefficient (Wildman–Crippen LogP) is 3.68. The van der Waals surface area contributed by atoms with E-state index in [1.165, 1.54) is 0 Å². The molecule has 2 rings (SSSR count). The van der Waals surface area contributed by atoms with Crippen molar-refractivity contribution in [1.82, 2.24) is 9.78 Å². The normalized spacial score (nSPS) is 28.1. The molecule has 1 N–H and O–H groups in total. The zero-order valence-corrected chi connectivity index (χ0v) is 13.6. The van der Waals surface area contributed by atoms with Gasteiger partial charge in [-0.1, -0.05) is 20.8 Å². The largest absolute Gasteiger partial charge is 0.385 e. The lowest BCUT2D eigenvalue weighted by atomic mass is 9.62. The Labute approximate surface area is 127 Å². The maximum absolute atomic E-state index is 10.8. The van der Waals surface area contributed by atoms with Crippen LogP contribution in [-0.2, 0) is 6.54 Å². The molecule has 0 aromatic carbocycles. The Kier molecular flexibility index (Phi) is 4.43. The molecule has 1 atom stereocenters. The Hall–Kier alpha value is -1.34. The first-order valence-corrected chi connectivity index (χ1v) is 7.95. The average Bonchev–Trinajstić information content (AvgIpc) is 2.93. The van der Waals surface area contributed by atoms with Gasteiger partial charge in [0.1, 0.15) is 6.10 Å². The van der Waals surface area contributed by atoms with Crippen molar-refractivity contribution in [3.63, 3.8) is 0 Å². The summed E-state index contributed by atoms with van der Waals surface area (Å²) in [5, 5.41) is 24.7. The lowest BCUT2D eigenvalue weighted by Gasteiger charge is -2.42. The van der Waals surface area contributed by atoms with Gasteiger partial charge in [0.2, 0.25) is 0 Å². The second kappa shape index (κ2) is 5.81. The van der Waals surface area contributed by atoms with E-state index in [1.807, 2.05) is 13.0 Å². The van der Waals surface area contributed by atoms with Gasteiger partial charge in [0, 0.05) is 12.7 Å². The maximum atomic E-state index is 10.8. The summed E-state index contributed by atoms with van der Waals surface area (Å²) in [4.78, 5) is 0. The monoisotopic (exact) mass is 289 g/mol. The first-order chi connectivity index (χ1) is 9.84. The number of nitrogens with zero attached hydrogens (tertiary/aromatic N) is 3. The van der Waals surface area contributed by atoms with E-state index in [1.54, 1.807) is 10.9 Å². The number of aliphatic hydroxyl groups excluding tert-OH is 1. The van der Waals surface area contributed by atoms with Crippen molar-refractivity contribution in [2.24, 2.45) is 16.7 Å². The third-order valence-electron chi connectivity index (χ3n) is 5.18. The summed E-state index contributed by atoms with van der Waals surface area (Å²) in [5.41, 5.74) is 0.389. The van der Waals surface area contributed by atoms with E-state index < -0.39 is 11.5 Å². The van der Waals surface area contributed by atoms with E-state index in [2.05, 4.69) is 31.9 Å². The fourth-order valence-electron chi connectivity index (χ4n) is 3.57. The topological polar surface area (TPSA) is 61.8 Å². The molecule has 21 heavy (non-hydrogen) atoms. The van der Waals surface area contributed by atoms with Gasteiger partial charge in [-0.15, -0.1) is 0 Å². The first-order valence-electron chi connectivity index (χ1n) is 7.95. The molecule has 0 spiro atoms. The van der Waals surface area contributed by atoms with Crippen LogP contribution in [0.2, 0.25) is 0 Å². The van der Waals surface area contributed by atoms with Crippen LogP contribution in [0.4, 0.5) is 0 Å². The summed E-state index contributed by atoms with van der Waals surface area (Å²) in [7, 11) is 0. The molecule has 1 aliphatic carbocycles. The molecule has 1 aromatic heterocycles. The van der Waals surface area contributed by atoms with Crippen LogP contribution in [-0.4, -0.2) is 14.9 Å². The molecule has 1 saturated carbocycles. The molecule has 4 nitrogen and oxygen atoms in total. The molecular formula is C17H27N3O. The Morgan fingerprint density at radius 1 is 1.48 bits per heavy atom. The molecule has 0 aliphatic heterocycles. The lowest BCUT2D eigenvalue weighted by molar-refractivity contribution is 0.00345. The molecule has 1 fully saturated rings. The second-order valence-electron chi connectivity index (χ2n) is 7.38. The van der Waals surface area contributed by atoms with Gasteiger partial charge < -0.3 is 5.11 Å². The van der Waals surface area contributed by atoms with Crippen LogP contribution in [0.15, 0.2) is 12.3 Å². The number of aromatic nitrogens is 2. The third-order valence-corrected chi connectivity index (χ3v) is 5.18. The van der Waals surface area contributed by atoms with Crippen molar-refractivity contribution in [3.8, 4) is 6.07 Å². The summed E-state index contributed by atoms with van der Waals surface area (Å²) >= 11 is 0. The highest BCUT2D eigenvalue weighted by atomic mass is 16.3. The predicted molar refractivity (Wildman–Crippen MR) is 82.3 cm³/mol. The number of hydrogen-bond acceptors (Lipinski definition) is 3. The minimum Gasteiger partial charge on any atom is -0.385 e. The summed E-state index contributed by atoms with van der Waals surface area (Å²) in [5.74, 6) is 0.627. The van der Waals surface area contributed by atoms with E-state index in [0.29, 0.717) is 12.5 Å². The zero-order valence-electron chi connectivity index (χ0n) is 13.6. The third kappa shape index (κ3) is 2.98. The number of rotatable bonds is 3. The molecule has 0 bridgehead atoms. The first kappa shape index (κ1) is 16.0. The van der Waals surface area contributed by atoms with Gasteiger partial charge in [-0.05, 0) is 50.0 Å². The Morgan fingerprint density at radius 3 is 2.57 bits per heavy atom. The van der Waals surface area contributed by atoms with E-state index in [4.69, 9.17) is 0 Å². The van der Waals surface area contributed by atoms with E-state index >= 15 is 0 Å². The highest BCUT2D eigenvalue weighted by Gasteiger charge is 2.45. The molecule has 116 valence electrons. The van der Waals surface area contributed by atoms with Crippen LogP contribution in [0, 0.1) is 28.1 Å². The number of aryl methyl sites for hydroxylation is 1. The molecule has 0 radical (unpaired) electrons. The van der Waals surface area contributed by atoms with Crippen LogP contribution in [0.25, 0.3) is 0 Å². The van der Waals surface area contributed by atoms with Crippen molar-refractivity contribution in [3.05, 3.63) is 18.0 Å². The van der Waals surface area contributed by atoms with Crippen molar-refractivity contribution in [1.29, 1.82) is 5.26 Å². The van der Waals surface area contributed by atoms with Crippen LogP contribution >= 0.6 is 0 Å². The van der Waals surface area contributed by atoms with Crippen molar-refractivity contribution < 1.29 is 5.11 Å². The molecule has 1 heterocycles. The smallest absolute Gasteiger partial charge is 0.114 e. The fourth-order valence-corrected chi connectivity index (χ4v) is 3.57. The molecule has 4 heteroatoms. The highest BCUT2D eigenvalue weighted by molar-refractivity contribution is 5.16. The maximum Gasteiger partial charge on any atom is 0.114 e. The molecule has 1 unspecified atom stereocenters.